The molecular weight excluding hydrogens is 436 g/mol. The molecule has 0 atom stereocenters. The van der Waals surface area contributed by atoms with E-state index in [4.69, 9.17) is 4.42 Å². The van der Waals surface area contributed by atoms with Gasteiger partial charge in [-0.2, -0.15) is 0 Å². The van der Waals surface area contributed by atoms with E-state index in [9.17, 15) is 20.0 Å². The van der Waals surface area contributed by atoms with Crippen molar-refractivity contribution in [2.45, 2.75) is 19.8 Å². The van der Waals surface area contributed by atoms with E-state index < -0.39 is 10.8 Å². The number of nitro benzene ring substituents is 1. The average Bonchev–Trinajstić information content (AvgIpc) is 3.51. The number of benzene rings is 3. The Morgan fingerprint density at radius 1 is 1.15 bits per heavy atom. The van der Waals surface area contributed by atoms with Crippen LogP contribution in [0.3, 0.4) is 0 Å². The van der Waals surface area contributed by atoms with Gasteiger partial charge >= 0.3 is 0 Å². The molecule has 9 nitrogen and oxygen atoms in total. The van der Waals surface area contributed by atoms with Crippen molar-refractivity contribution < 1.29 is 19.2 Å². The number of phenols is 1. The van der Waals surface area contributed by atoms with E-state index in [1.54, 1.807) is 43.3 Å². The van der Waals surface area contributed by atoms with Crippen molar-refractivity contribution in [1.29, 1.82) is 0 Å². The molecule has 1 aliphatic heterocycles. The summed E-state index contributed by atoms with van der Waals surface area (Å²) in [5.74, 6) is -0.275. The smallest absolute Gasteiger partial charge is 0.293 e. The fraction of sp³-hybridized carbons (Fsp3) is 0.200. The zero-order valence-electron chi connectivity index (χ0n) is 18.4. The topological polar surface area (TPSA) is 122 Å². The molecule has 1 amide bonds. The van der Waals surface area contributed by atoms with Crippen molar-refractivity contribution >= 4 is 34.1 Å². The number of carbonyl (C=O) groups is 1. The molecule has 4 aromatic rings. The molecule has 5 rings (SSSR count). The highest BCUT2D eigenvalue weighted by Crippen LogP contribution is 2.36. The van der Waals surface area contributed by atoms with Crippen LogP contribution in [0.4, 0.5) is 17.1 Å². The van der Waals surface area contributed by atoms with Gasteiger partial charge < -0.3 is 19.7 Å². The number of anilines is 2. The third-order valence-electron chi connectivity index (χ3n) is 5.96. The van der Waals surface area contributed by atoms with Gasteiger partial charge in [0.05, 0.1) is 10.5 Å². The van der Waals surface area contributed by atoms with Crippen LogP contribution in [-0.2, 0) is 0 Å². The standard InChI is InChI=1S/C25H22N4O5/c1-15-12-17(14-18(23(15)30)25-27-19-6-2-3-7-22(19)34-25)26-24(31)16-8-9-20(21(13-16)29(32)33)28-10-4-5-11-28/h2-3,6-9,12-14,30H,4-5,10-11H2,1H3,(H,26,31). The van der Waals surface area contributed by atoms with Gasteiger partial charge in [0.15, 0.2) is 5.58 Å². The normalized spacial score (nSPS) is 13.4. The SMILES string of the molecule is Cc1cc(NC(=O)c2ccc(N3CCCC3)c([N+](=O)[O-])c2)cc(-c2nc3ccccc3o2)c1O. The van der Waals surface area contributed by atoms with Crippen molar-refractivity contribution in [3.05, 3.63) is 75.8 Å². The number of rotatable bonds is 5. The number of nitro groups is 1. The van der Waals surface area contributed by atoms with E-state index in [0.29, 0.717) is 33.6 Å². The maximum Gasteiger partial charge on any atom is 0.293 e. The summed E-state index contributed by atoms with van der Waals surface area (Å²) in [6, 6.07) is 15.0. The minimum atomic E-state index is -0.496. The summed E-state index contributed by atoms with van der Waals surface area (Å²) in [4.78, 5) is 30.6. The number of hydrogen-bond donors (Lipinski definition) is 2. The van der Waals surface area contributed by atoms with Crippen LogP contribution in [0.15, 0.2) is 59.0 Å². The van der Waals surface area contributed by atoms with Crippen molar-refractivity contribution in [3.8, 4) is 17.2 Å². The molecule has 1 aromatic heterocycles. The molecule has 0 unspecified atom stereocenters. The Balaban J connectivity index is 1.46. The maximum absolute atomic E-state index is 13.0. The van der Waals surface area contributed by atoms with E-state index in [2.05, 4.69) is 10.3 Å². The summed E-state index contributed by atoms with van der Waals surface area (Å²) in [5.41, 5.74) is 3.09. The van der Waals surface area contributed by atoms with Crippen molar-refractivity contribution in [2.75, 3.05) is 23.3 Å². The molecule has 2 heterocycles. The van der Waals surface area contributed by atoms with Gasteiger partial charge in [0, 0.05) is 30.4 Å². The monoisotopic (exact) mass is 458 g/mol. The van der Waals surface area contributed by atoms with Crippen LogP contribution in [0.1, 0.15) is 28.8 Å². The summed E-state index contributed by atoms with van der Waals surface area (Å²) in [7, 11) is 0. The lowest BCUT2D eigenvalue weighted by molar-refractivity contribution is -0.384. The molecule has 2 N–H and O–H groups in total. The fourth-order valence-corrected chi connectivity index (χ4v) is 4.24. The van der Waals surface area contributed by atoms with Gasteiger partial charge in [0.2, 0.25) is 5.89 Å². The molecule has 0 bridgehead atoms. The predicted octanol–water partition coefficient (Wildman–Crippen LogP) is 5.27. The lowest BCUT2D eigenvalue weighted by Crippen LogP contribution is -2.19. The van der Waals surface area contributed by atoms with Gasteiger partial charge in [-0.25, -0.2) is 4.98 Å². The van der Waals surface area contributed by atoms with E-state index in [-0.39, 0.29) is 22.9 Å². The van der Waals surface area contributed by atoms with Crippen molar-refractivity contribution in [2.24, 2.45) is 0 Å². The molecule has 0 radical (unpaired) electrons. The Bertz CT molecular complexity index is 1390. The summed E-state index contributed by atoms with van der Waals surface area (Å²) in [6.45, 7) is 3.22. The number of para-hydroxylation sites is 2. The van der Waals surface area contributed by atoms with Crippen molar-refractivity contribution in [3.63, 3.8) is 0 Å². The summed E-state index contributed by atoms with van der Waals surface area (Å²) in [6.07, 6.45) is 1.98. The highest BCUT2D eigenvalue weighted by Gasteiger charge is 2.24. The number of oxazole rings is 1. The molecule has 1 fully saturated rings. The van der Waals surface area contributed by atoms with Crippen LogP contribution in [0.5, 0.6) is 5.75 Å². The zero-order valence-corrected chi connectivity index (χ0v) is 18.4. The Labute approximate surface area is 194 Å². The Morgan fingerprint density at radius 2 is 1.91 bits per heavy atom. The number of nitrogens with one attached hydrogen (secondary N) is 1. The van der Waals surface area contributed by atoms with Crippen LogP contribution in [-0.4, -0.2) is 34.0 Å². The third-order valence-corrected chi connectivity index (χ3v) is 5.96. The summed E-state index contributed by atoms with van der Waals surface area (Å²) < 4.78 is 5.78. The van der Waals surface area contributed by atoms with E-state index >= 15 is 0 Å². The van der Waals surface area contributed by atoms with Gasteiger partial charge in [-0.05, 0) is 61.7 Å². The lowest BCUT2D eigenvalue weighted by Gasteiger charge is -2.18. The minimum Gasteiger partial charge on any atom is -0.507 e. The van der Waals surface area contributed by atoms with Crippen molar-refractivity contribution in [1.82, 2.24) is 4.98 Å². The summed E-state index contributed by atoms with van der Waals surface area (Å²) >= 11 is 0. The van der Waals surface area contributed by atoms with Crippen LogP contribution in [0.25, 0.3) is 22.6 Å². The van der Waals surface area contributed by atoms with Crippen LogP contribution in [0, 0.1) is 17.0 Å². The maximum atomic E-state index is 13.0. The second-order valence-corrected chi connectivity index (χ2v) is 8.28. The van der Waals surface area contributed by atoms with E-state index in [1.807, 2.05) is 17.0 Å². The van der Waals surface area contributed by atoms with Gasteiger partial charge in [-0.15, -0.1) is 0 Å². The second-order valence-electron chi connectivity index (χ2n) is 8.28. The Kier molecular flexibility index (Phi) is 5.37. The van der Waals surface area contributed by atoms with Gasteiger partial charge in [0.25, 0.3) is 11.6 Å². The highest BCUT2D eigenvalue weighted by molar-refractivity contribution is 6.05. The second kappa shape index (κ2) is 8.51. The number of aromatic nitrogens is 1. The number of amides is 1. The van der Waals surface area contributed by atoms with Crippen LogP contribution < -0.4 is 10.2 Å². The lowest BCUT2D eigenvalue weighted by atomic mass is 10.1. The number of nitrogens with zero attached hydrogens (tertiary/aromatic N) is 3. The number of fused-ring (bicyclic) bond motifs is 1. The molecule has 172 valence electrons. The number of aromatic hydroxyl groups is 1. The number of aryl methyl sites for hydroxylation is 1. The highest BCUT2D eigenvalue weighted by atomic mass is 16.6. The molecule has 0 spiro atoms. The molecule has 0 saturated carbocycles. The van der Waals surface area contributed by atoms with Gasteiger partial charge in [-0.1, -0.05) is 12.1 Å². The quantitative estimate of drug-likeness (QED) is 0.237. The molecule has 34 heavy (non-hydrogen) atoms. The molecule has 1 saturated heterocycles. The minimum absolute atomic E-state index is 0.00448. The first-order chi connectivity index (χ1) is 16.4. The van der Waals surface area contributed by atoms with Gasteiger partial charge in [-0.3, -0.25) is 14.9 Å². The molecule has 9 heteroatoms. The Hall–Kier alpha value is -4.40. The summed E-state index contributed by atoms with van der Waals surface area (Å²) in [5, 5.41) is 25.0. The average molecular weight is 458 g/mol. The van der Waals surface area contributed by atoms with E-state index in [0.717, 1.165) is 25.9 Å². The number of hydrogen-bond acceptors (Lipinski definition) is 7. The first-order valence-corrected chi connectivity index (χ1v) is 10.9. The van der Waals surface area contributed by atoms with Crippen LogP contribution >= 0.6 is 0 Å². The molecule has 0 aliphatic carbocycles. The predicted molar refractivity (Wildman–Crippen MR) is 128 cm³/mol. The zero-order chi connectivity index (χ0) is 23.8. The molecule has 3 aromatic carbocycles. The van der Waals surface area contributed by atoms with Crippen LogP contribution in [0.2, 0.25) is 0 Å². The third kappa shape index (κ3) is 3.92. The number of phenolic OH excluding ortho intramolecular Hbond substituents is 1. The largest absolute Gasteiger partial charge is 0.507 e. The Morgan fingerprint density at radius 3 is 2.65 bits per heavy atom. The first kappa shape index (κ1) is 21.4. The molecule has 1 aliphatic rings. The molecular formula is C25H22N4O5. The fourth-order valence-electron chi connectivity index (χ4n) is 4.24. The van der Waals surface area contributed by atoms with Gasteiger partial charge in [0.1, 0.15) is 17.0 Å². The number of carbonyl (C=O) groups excluding carboxylic acids is 1. The van der Waals surface area contributed by atoms with E-state index in [1.165, 1.54) is 6.07 Å². The first-order valence-electron chi connectivity index (χ1n) is 10.9.